The van der Waals surface area contributed by atoms with Crippen molar-refractivity contribution in [3.05, 3.63) is 88.9 Å². The lowest BCUT2D eigenvalue weighted by Gasteiger charge is -2.10. The second-order valence-corrected chi connectivity index (χ2v) is 6.27. The molecule has 1 amide bonds. The van der Waals surface area contributed by atoms with Gasteiger partial charge in [-0.25, -0.2) is 14.2 Å². The number of benzene rings is 2. The number of carbonyl (C=O) groups excluding carboxylic acids is 1. The van der Waals surface area contributed by atoms with E-state index in [-0.39, 0.29) is 28.5 Å². The van der Waals surface area contributed by atoms with Crippen LogP contribution in [0.3, 0.4) is 0 Å². The number of amides is 1. The van der Waals surface area contributed by atoms with Crippen LogP contribution in [0.4, 0.5) is 10.2 Å². The number of hydrogen-bond donors (Lipinski definition) is 4. The second kappa shape index (κ2) is 8.94. The number of aromatic hydroxyl groups is 1. The summed E-state index contributed by atoms with van der Waals surface area (Å²) in [7, 11) is 0. The third-order valence-corrected chi connectivity index (χ3v) is 4.09. The highest BCUT2D eigenvalue weighted by molar-refractivity contribution is 6.04. The summed E-state index contributed by atoms with van der Waals surface area (Å²) < 4.78 is 13.7. The molecular weight excluding hydrogens is 377 g/mol. The molecule has 0 saturated carbocycles. The molecule has 4 N–H and O–H groups in total. The van der Waals surface area contributed by atoms with Crippen LogP contribution in [0.5, 0.6) is 5.75 Å². The Morgan fingerprint density at radius 3 is 2.48 bits per heavy atom. The first kappa shape index (κ1) is 20.0. The smallest absolute Gasteiger partial charge is 0.337 e. The Balaban J connectivity index is 1.65. The van der Waals surface area contributed by atoms with Crippen molar-refractivity contribution < 1.29 is 24.2 Å². The highest BCUT2D eigenvalue weighted by Gasteiger charge is 2.11. The van der Waals surface area contributed by atoms with Gasteiger partial charge in [-0.1, -0.05) is 18.2 Å². The molecule has 1 heterocycles. The van der Waals surface area contributed by atoms with Gasteiger partial charge in [0.15, 0.2) is 0 Å². The molecule has 3 aromatic rings. The molecule has 0 unspecified atom stereocenters. The third kappa shape index (κ3) is 5.36. The average Bonchev–Trinajstić information content (AvgIpc) is 2.69. The number of nitrogens with zero attached hydrogens (tertiary/aromatic N) is 1. The standard InChI is InChI=1S/C21H18FN3O4/c22-18-4-2-1-3-14(18)11-23-10-13-7-16(9-17(26)8-13)20(27)25-19-6-5-15(12-24-19)21(28)29/h1-9,12,23,26H,10-11H2,(H,28,29)(H,24,25,27). The van der Waals surface area contributed by atoms with E-state index < -0.39 is 11.9 Å². The van der Waals surface area contributed by atoms with Crippen LogP contribution in [-0.4, -0.2) is 27.1 Å². The van der Waals surface area contributed by atoms with Crippen LogP contribution < -0.4 is 10.6 Å². The summed E-state index contributed by atoms with van der Waals surface area (Å²) in [4.78, 5) is 27.2. The van der Waals surface area contributed by atoms with Gasteiger partial charge in [0, 0.05) is 30.4 Å². The van der Waals surface area contributed by atoms with Crippen LogP contribution in [0, 0.1) is 5.82 Å². The minimum atomic E-state index is -1.11. The van der Waals surface area contributed by atoms with Crippen LogP contribution >= 0.6 is 0 Å². The fourth-order valence-electron chi connectivity index (χ4n) is 2.67. The van der Waals surface area contributed by atoms with E-state index in [9.17, 15) is 19.1 Å². The van der Waals surface area contributed by atoms with E-state index in [4.69, 9.17) is 5.11 Å². The molecule has 0 aliphatic carbocycles. The topological polar surface area (TPSA) is 112 Å². The Morgan fingerprint density at radius 1 is 1.00 bits per heavy atom. The van der Waals surface area contributed by atoms with Gasteiger partial charge in [-0.3, -0.25) is 4.79 Å². The van der Waals surface area contributed by atoms with E-state index in [1.807, 2.05) is 0 Å². The summed E-state index contributed by atoms with van der Waals surface area (Å²) in [6.07, 6.45) is 1.14. The van der Waals surface area contributed by atoms with Gasteiger partial charge in [0.25, 0.3) is 5.91 Å². The van der Waals surface area contributed by atoms with Gasteiger partial charge in [0.2, 0.25) is 0 Å². The van der Waals surface area contributed by atoms with Gasteiger partial charge in [-0.2, -0.15) is 0 Å². The highest BCUT2D eigenvalue weighted by atomic mass is 19.1. The maximum absolute atomic E-state index is 13.7. The van der Waals surface area contributed by atoms with Crippen LogP contribution in [0.1, 0.15) is 31.8 Å². The maximum atomic E-state index is 13.7. The average molecular weight is 395 g/mol. The number of phenolic OH excluding ortho intramolecular Hbond substituents is 1. The molecular formula is C21H18FN3O4. The molecule has 0 radical (unpaired) electrons. The Hall–Kier alpha value is -3.78. The number of carboxylic acids is 1. The molecule has 0 atom stereocenters. The van der Waals surface area contributed by atoms with Crippen molar-refractivity contribution in [2.75, 3.05) is 5.32 Å². The fraction of sp³-hybridized carbons (Fsp3) is 0.0952. The number of pyridine rings is 1. The third-order valence-electron chi connectivity index (χ3n) is 4.09. The quantitative estimate of drug-likeness (QED) is 0.489. The molecule has 0 saturated heterocycles. The maximum Gasteiger partial charge on any atom is 0.337 e. The van der Waals surface area contributed by atoms with Gasteiger partial charge < -0.3 is 20.8 Å². The first-order valence-electron chi connectivity index (χ1n) is 8.70. The molecule has 0 aliphatic rings. The van der Waals surface area contributed by atoms with Gasteiger partial charge in [-0.05, 0) is 42.0 Å². The number of carbonyl (C=O) groups is 2. The highest BCUT2D eigenvalue weighted by Crippen LogP contribution is 2.18. The molecule has 2 aromatic carbocycles. The monoisotopic (exact) mass is 395 g/mol. The normalized spacial score (nSPS) is 10.5. The summed E-state index contributed by atoms with van der Waals surface area (Å²) in [5.41, 5.74) is 1.36. The van der Waals surface area contributed by atoms with E-state index in [1.165, 1.54) is 30.3 Å². The Kier molecular flexibility index (Phi) is 6.16. The number of rotatable bonds is 7. The minimum Gasteiger partial charge on any atom is -0.508 e. The molecule has 7 nitrogen and oxygen atoms in total. The number of anilines is 1. The van der Waals surface area contributed by atoms with E-state index >= 15 is 0 Å². The number of phenols is 1. The van der Waals surface area contributed by atoms with Crippen molar-refractivity contribution in [3.63, 3.8) is 0 Å². The predicted molar refractivity (Wildman–Crippen MR) is 104 cm³/mol. The summed E-state index contributed by atoms with van der Waals surface area (Å²) >= 11 is 0. The van der Waals surface area contributed by atoms with Crippen molar-refractivity contribution in [3.8, 4) is 5.75 Å². The Labute approximate surface area is 165 Å². The lowest BCUT2D eigenvalue weighted by atomic mass is 10.1. The summed E-state index contributed by atoms with van der Waals surface area (Å²) in [5.74, 6) is -1.84. The van der Waals surface area contributed by atoms with Crippen LogP contribution in [0.25, 0.3) is 0 Å². The molecule has 148 valence electrons. The van der Waals surface area contributed by atoms with E-state index in [0.717, 1.165) is 6.20 Å². The number of aromatic carboxylic acids is 1. The van der Waals surface area contributed by atoms with Crippen LogP contribution in [-0.2, 0) is 13.1 Å². The first-order chi connectivity index (χ1) is 13.9. The van der Waals surface area contributed by atoms with Gasteiger partial charge in [0.05, 0.1) is 5.56 Å². The number of carboxylic acid groups (broad SMARTS) is 1. The van der Waals surface area contributed by atoms with E-state index in [0.29, 0.717) is 24.2 Å². The van der Waals surface area contributed by atoms with Crippen LogP contribution in [0.15, 0.2) is 60.8 Å². The number of hydrogen-bond acceptors (Lipinski definition) is 5. The summed E-state index contributed by atoms with van der Waals surface area (Å²) in [6, 6.07) is 13.5. The lowest BCUT2D eigenvalue weighted by Crippen LogP contribution is -2.16. The fourth-order valence-corrected chi connectivity index (χ4v) is 2.67. The van der Waals surface area contributed by atoms with Crippen molar-refractivity contribution in [2.24, 2.45) is 0 Å². The molecule has 29 heavy (non-hydrogen) atoms. The zero-order valence-electron chi connectivity index (χ0n) is 15.2. The van der Waals surface area contributed by atoms with E-state index in [1.54, 1.807) is 24.3 Å². The largest absolute Gasteiger partial charge is 0.508 e. The molecule has 3 rings (SSSR count). The number of halogens is 1. The Morgan fingerprint density at radius 2 is 1.79 bits per heavy atom. The first-order valence-corrected chi connectivity index (χ1v) is 8.70. The molecule has 1 aromatic heterocycles. The predicted octanol–water partition coefficient (Wildman–Crippen LogP) is 3.17. The van der Waals surface area contributed by atoms with Gasteiger partial charge in [-0.15, -0.1) is 0 Å². The van der Waals surface area contributed by atoms with Crippen molar-refractivity contribution in [1.82, 2.24) is 10.3 Å². The molecule has 0 spiro atoms. The zero-order chi connectivity index (χ0) is 20.8. The number of aromatic nitrogens is 1. The number of nitrogens with one attached hydrogen (secondary N) is 2. The molecule has 0 aliphatic heterocycles. The van der Waals surface area contributed by atoms with E-state index in [2.05, 4.69) is 15.6 Å². The van der Waals surface area contributed by atoms with Gasteiger partial charge >= 0.3 is 5.97 Å². The minimum absolute atomic E-state index is 0.00330. The lowest BCUT2D eigenvalue weighted by molar-refractivity contribution is 0.0696. The Bertz CT molecular complexity index is 1040. The SMILES string of the molecule is O=C(O)c1ccc(NC(=O)c2cc(O)cc(CNCc3ccccc3F)c2)nc1. The van der Waals surface area contributed by atoms with Crippen molar-refractivity contribution >= 4 is 17.7 Å². The zero-order valence-corrected chi connectivity index (χ0v) is 15.2. The molecule has 0 fully saturated rings. The second-order valence-electron chi connectivity index (χ2n) is 6.27. The summed E-state index contributed by atoms with van der Waals surface area (Å²) in [6.45, 7) is 0.609. The van der Waals surface area contributed by atoms with Crippen LogP contribution in [0.2, 0.25) is 0 Å². The summed E-state index contributed by atoms with van der Waals surface area (Å²) in [5, 5.41) is 24.4. The van der Waals surface area contributed by atoms with Gasteiger partial charge in [0.1, 0.15) is 17.4 Å². The van der Waals surface area contributed by atoms with Crippen molar-refractivity contribution in [2.45, 2.75) is 13.1 Å². The molecule has 0 bridgehead atoms. The molecule has 8 heteroatoms. The van der Waals surface area contributed by atoms with Crippen molar-refractivity contribution in [1.29, 1.82) is 0 Å².